The summed E-state index contributed by atoms with van der Waals surface area (Å²) in [5.74, 6) is 0. The highest BCUT2D eigenvalue weighted by molar-refractivity contribution is 6.30. The van der Waals surface area contributed by atoms with Gasteiger partial charge in [-0.1, -0.05) is 29.8 Å². The van der Waals surface area contributed by atoms with Crippen LogP contribution in [0.1, 0.15) is 18.5 Å². The van der Waals surface area contributed by atoms with Crippen LogP contribution in [0.15, 0.2) is 48.5 Å². The lowest BCUT2D eigenvalue weighted by molar-refractivity contribution is -0.930. The average molecular weight is 347 g/mol. The van der Waals surface area contributed by atoms with E-state index >= 15 is 0 Å². The fourth-order valence-electron chi connectivity index (χ4n) is 3.30. The van der Waals surface area contributed by atoms with Crippen LogP contribution in [0.25, 0.3) is 0 Å². The third-order valence-corrected chi connectivity index (χ3v) is 5.01. The van der Waals surface area contributed by atoms with Crippen LogP contribution in [0, 0.1) is 10.1 Å². The lowest BCUT2D eigenvalue weighted by Crippen LogP contribution is -3.14. The Kier molecular flexibility index (Phi) is 5.02. The van der Waals surface area contributed by atoms with Crippen LogP contribution in [-0.2, 0) is 0 Å². The van der Waals surface area contributed by atoms with Crippen LogP contribution in [0.5, 0.6) is 0 Å². The summed E-state index contributed by atoms with van der Waals surface area (Å²) in [6.45, 7) is 6.04. The summed E-state index contributed by atoms with van der Waals surface area (Å²) < 4.78 is 0. The van der Waals surface area contributed by atoms with E-state index in [4.69, 9.17) is 11.6 Å². The van der Waals surface area contributed by atoms with Gasteiger partial charge in [-0.05, 0) is 25.1 Å². The predicted octanol–water partition coefficient (Wildman–Crippen LogP) is 2.71. The van der Waals surface area contributed by atoms with E-state index in [-0.39, 0.29) is 16.7 Å². The van der Waals surface area contributed by atoms with E-state index in [1.54, 1.807) is 18.2 Å². The summed E-state index contributed by atoms with van der Waals surface area (Å²) in [5, 5.41) is 11.7. The maximum absolute atomic E-state index is 11.0. The zero-order chi connectivity index (χ0) is 17.1. The zero-order valence-electron chi connectivity index (χ0n) is 13.6. The number of quaternary nitrogens is 1. The number of nitrogens with zero attached hydrogens (tertiary/aromatic N) is 2. The molecule has 5 nitrogen and oxygen atoms in total. The van der Waals surface area contributed by atoms with Crippen molar-refractivity contribution in [3.63, 3.8) is 0 Å². The minimum absolute atomic E-state index is 0.163. The van der Waals surface area contributed by atoms with Gasteiger partial charge in [0.25, 0.3) is 5.69 Å². The lowest BCUT2D eigenvalue weighted by Gasteiger charge is -2.36. The van der Waals surface area contributed by atoms with E-state index in [1.165, 1.54) is 4.90 Å². The minimum Gasteiger partial charge on any atom is -0.360 e. The number of rotatable bonds is 4. The molecule has 0 aliphatic carbocycles. The first-order chi connectivity index (χ1) is 11.5. The number of nitrogens with one attached hydrogen (secondary N) is 1. The van der Waals surface area contributed by atoms with Crippen LogP contribution in [-0.4, -0.2) is 31.1 Å². The number of non-ortho nitro benzene ring substituents is 1. The Labute approximate surface area is 146 Å². The molecule has 1 saturated heterocycles. The molecule has 0 amide bonds. The maximum atomic E-state index is 11.0. The fourth-order valence-corrected chi connectivity index (χ4v) is 3.49. The monoisotopic (exact) mass is 346 g/mol. The number of nitro groups is 1. The van der Waals surface area contributed by atoms with Crippen molar-refractivity contribution in [3.8, 4) is 0 Å². The van der Waals surface area contributed by atoms with Gasteiger partial charge in [0.05, 0.1) is 31.1 Å². The Balaban J connectivity index is 1.66. The number of hydrogen-bond acceptors (Lipinski definition) is 3. The molecule has 1 atom stereocenters. The molecule has 1 aliphatic rings. The molecule has 0 saturated carbocycles. The summed E-state index contributed by atoms with van der Waals surface area (Å²) in [6.07, 6.45) is 0. The van der Waals surface area contributed by atoms with Gasteiger partial charge in [0, 0.05) is 28.4 Å². The van der Waals surface area contributed by atoms with Crippen LogP contribution in [0.4, 0.5) is 11.4 Å². The first-order valence-corrected chi connectivity index (χ1v) is 8.52. The van der Waals surface area contributed by atoms with Crippen LogP contribution >= 0.6 is 11.6 Å². The second kappa shape index (κ2) is 7.20. The number of benzene rings is 2. The molecule has 0 radical (unpaired) electrons. The second-order valence-corrected chi connectivity index (χ2v) is 6.64. The summed E-state index contributed by atoms with van der Waals surface area (Å²) in [5.41, 5.74) is 2.34. The van der Waals surface area contributed by atoms with E-state index in [0.717, 1.165) is 42.5 Å². The Morgan fingerprint density at radius 1 is 1.17 bits per heavy atom. The summed E-state index contributed by atoms with van der Waals surface area (Å²) in [7, 11) is 0. The number of halogens is 1. The van der Waals surface area contributed by atoms with Crippen molar-refractivity contribution in [2.45, 2.75) is 13.0 Å². The van der Waals surface area contributed by atoms with Gasteiger partial charge in [-0.25, -0.2) is 0 Å². The number of hydrogen-bond donors (Lipinski definition) is 1. The molecule has 0 spiro atoms. The Morgan fingerprint density at radius 3 is 2.54 bits per heavy atom. The lowest BCUT2D eigenvalue weighted by atomic mass is 10.1. The first-order valence-electron chi connectivity index (χ1n) is 8.14. The molecule has 1 aliphatic heterocycles. The summed E-state index contributed by atoms with van der Waals surface area (Å²) in [4.78, 5) is 14.4. The van der Waals surface area contributed by atoms with Crippen molar-refractivity contribution in [2.75, 3.05) is 31.1 Å². The average Bonchev–Trinajstić information content (AvgIpc) is 2.61. The molecule has 2 aromatic rings. The van der Waals surface area contributed by atoms with Crippen molar-refractivity contribution < 1.29 is 9.82 Å². The molecule has 0 bridgehead atoms. The molecular formula is C18H21ClN3O2+. The zero-order valence-corrected chi connectivity index (χ0v) is 14.4. The standard InChI is InChI=1S/C18H20ClN3O2/c1-14(15-4-2-7-18(12-15)22(23)24)20-8-10-21(11-9-20)17-6-3-5-16(19)13-17/h2-7,12-14H,8-11H2,1H3/p+1/t14-/m0/s1. The second-order valence-electron chi connectivity index (χ2n) is 6.20. The summed E-state index contributed by atoms with van der Waals surface area (Å²) >= 11 is 6.08. The van der Waals surface area contributed by atoms with E-state index in [2.05, 4.69) is 17.9 Å². The Hall–Kier alpha value is -2.11. The normalized spacial score (nSPS) is 16.8. The molecule has 24 heavy (non-hydrogen) atoms. The van der Waals surface area contributed by atoms with Crippen LogP contribution in [0.2, 0.25) is 5.02 Å². The first kappa shape index (κ1) is 16.7. The topological polar surface area (TPSA) is 50.8 Å². The fraction of sp³-hybridized carbons (Fsp3) is 0.333. The molecule has 1 N–H and O–H groups in total. The predicted molar refractivity (Wildman–Crippen MR) is 95.9 cm³/mol. The molecule has 3 rings (SSSR count). The van der Waals surface area contributed by atoms with Gasteiger partial charge in [-0.2, -0.15) is 0 Å². The van der Waals surface area contributed by atoms with E-state index in [1.807, 2.05) is 24.3 Å². The molecule has 6 heteroatoms. The maximum Gasteiger partial charge on any atom is 0.269 e. The van der Waals surface area contributed by atoms with Gasteiger partial charge >= 0.3 is 0 Å². The smallest absolute Gasteiger partial charge is 0.269 e. The molecular weight excluding hydrogens is 326 g/mol. The van der Waals surface area contributed by atoms with Gasteiger partial charge < -0.3 is 9.80 Å². The van der Waals surface area contributed by atoms with Crippen LogP contribution < -0.4 is 9.80 Å². The minimum atomic E-state index is -0.331. The quantitative estimate of drug-likeness (QED) is 0.684. The number of piperazine rings is 1. The van der Waals surface area contributed by atoms with Crippen molar-refractivity contribution in [1.29, 1.82) is 0 Å². The highest BCUT2D eigenvalue weighted by atomic mass is 35.5. The molecule has 1 fully saturated rings. The van der Waals surface area contributed by atoms with Crippen molar-refractivity contribution >= 4 is 23.0 Å². The molecule has 126 valence electrons. The highest BCUT2D eigenvalue weighted by Gasteiger charge is 2.26. The van der Waals surface area contributed by atoms with E-state index in [9.17, 15) is 10.1 Å². The van der Waals surface area contributed by atoms with Gasteiger partial charge in [-0.15, -0.1) is 0 Å². The van der Waals surface area contributed by atoms with Gasteiger partial charge in [0.2, 0.25) is 0 Å². The van der Waals surface area contributed by atoms with E-state index in [0.29, 0.717) is 0 Å². The van der Waals surface area contributed by atoms with E-state index < -0.39 is 0 Å². The van der Waals surface area contributed by atoms with Gasteiger partial charge in [-0.3, -0.25) is 10.1 Å². The Morgan fingerprint density at radius 2 is 1.88 bits per heavy atom. The Bertz CT molecular complexity index is 730. The molecule has 1 heterocycles. The summed E-state index contributed by atoms with van der Waals surface area (Å²) in [6, 6.07) is 15.2. The van der Waals surface area contributed by atoms with Crippen LogP contribution in [0.3, 0.4) is 0 Å². The van der Waals surface area contributed by atoms with Gasteiger partial charge in [0.15, 0.2) is 0 Å². The van der Waals surface area contributed by atoms with Crippen molar-refractivity contribution in [1.82, 2.24) is 0 Å². The third-order valence-electron chi connectivity index (χ3n) is 4.77. The molecule has 2 aromatic carbocycles. The SMILES string of the molecule is C[C@@H](c1cccc([N+](=O)[O-])c1)[NH+]1CCN(c2cccc(Cl)c2)CC1. The number of anilines is 1. The largest absolute Gasteiger partial charge is 0.360 e. The third kappa shape index (κ3) is 3.68. The molecule has 0 aromatic heterocycles. The molecule has 0 unspecified atom stereocenters. The van der Waals surface area contributed by atoms with Crippen molar-refractivity contribution in [2.24, 2.45) is 0 Å². The van der Waals surface area contributed by atoms with Crippen molar-refractivity contribution in [3.05, 3.63) is 69.2 Å². The van der Waals surface area contributed by atoms with Gasteiger partial charge in [0.1, 0.15) is 6.04 Å². The number of nitro benzene ring substituents is 1. The highest BCUT2D eigenvalue weighted by Crippen LogP contribution is 2.20.